The number of rotatable bonds is 7. The lowest BCUT2D eigenvalue weighted by Crippen LogP contribution is -2.49. The summed E-state index contributed by atoms with van der Waals surface area (Å²) in [6.07, 6.45) is 2.32. The molecule has 0 unspecified atom stereocenters. The molecule has 76 valence electrons. The van der Waals surface area contributed by atoms with Crippen LogP contribution in [-0.2, 0) is 0 Å². The second-order valence-electron chi connectivity index (χ2n) is 3.42. The Kier molecular flexibility index (Phi) is 6.51. The molecule has 0 aliphatic rings. The maximum absolute atomic E-state index is 8.91. The Morgan fingerprint density at radius 2 is 1.92 bits per heavy atom. The van der Waals surface area contributed by atoms with Crippen LogP contribution in [-0.4, -0.2) is 35.5 Å². The second-order valence-corrected chi connectivity index (χ2v) is 3.42. The first-order valence-corrected chi connectivity index (χ1v) is 4.52. The highest BCUT2D eigenvalue weighted by Crippen LogP contribution is 2.01. The first kappa shape index (κ1) is 12.4. The zero-order valence-corrected chi connectivity index (χ0v) is 8.08. The summed E-state index contributed by atoms with van der Waals surface area (Å²) in [5.74, 6) is 0. The summed E-state index contributed by atoms with van der Waals surface area (Å²) in [4.78, 5) is 0. The molecule has 0 saturated heterocycles. The van der Waals surface area contributed by atoms with E-state index < -0.39 is 5.54 Å². The van der Waals surface area contributed by atoms with Crippen LogP contribution in [0.3, 0.4) is 0 Å². The SMILES string of the molecule is CC(CO)(CO)NCCCCC#N. The molecule has 0 aliphatic carbocycles. The van der Waals surface area contributed by atoms with E-state index in [2.05, 4.69) is 11.4 Å². The molecule has 4 heteroatoms. The van der Waals surface area contributed by atoms with E-state index in [0.29, 0.717) is 6.42 Å². The summed E-state index contributed by atoms with van der Waals surface area (Å²) in [6, 6.07) is 2.07. The molecule has 0 atom stereocenters. The molecule has 4 nitrogen and oxygen atoms in total. The highest BCUT2D eigenvalue weighted by Gasteiger charge is 2.20. The van der Waals surface area contributed by atoms with Crippen LogP contribution >= 0.6 is 0 Å². The first-order chi connectivity index (χ1) is 6.18. The van der Waals surface area contributed by atoms with Crippen LogP contribution in [0.15, 0.2) is 0 Å². The van der Waals surface area contributed by atoms with Gasteiger partial charge >= 0.3 is 0 Å². The standard InChI is InChI=1S/C9H18N2O2/c1-9(7-12,8-13)11-6-4-2-3-5-10/h11-13H,2-4,6-8H2,1H3. The van der Waals surface area contributed by atoms with Gasteiger partial charge in [0, 0.05) is 6.42 Å². The highest BCUT2D eigenvalue weighted by atomic mass is 16.3. The molecule has 3 N–H and O–H groups in total. The van der Waals surface area contributed by atoms with Crippen LogP contribution in [0.4, 0.5) is 0 Å². The van der Waals surface area contributed by atoms with E-state index in [-0.39, 0.29) is 13.2 Å². The second kappa shape index (κ2) is 6.84. The number of nitrogens with one attached hydrogen (secondary N) is 1. The van der Waals surface area contributed by atoms with Gasteiger partial charge in [-0.1, -0.05) is 0 Å². The summed E-state index contributed by atoms with van der Waals surface area (Å²) < 4.78 is 0. The third-order valence-electron chi connectivity index (χ3n) is 1.97. The van der Waals surface area contributed by atoms with Crippen LogP contribution in [0.1, 0.15) is 26.2 Å². The minimum absolute atomic E-state index is 0.0816. The highest BCUT2D eigenvalue weighted by molar-refractivity contribution is 4.81. The van der Waals surface area contributed by atoms with Gasteiger partial charge in [0.05, 0.1) is 24.8 Å². The molecule has 0 fully saturated rings. The van der Waals surface area contributed by atoms with Gasteiger partial charge < -0.3 is 15.5 Å². The zero-order valence-electron chi connectivity index (χ0n) is 8.08. The molecule has 13 heavy (non-hydrogen) atoms. The smallest absolute Gasteiger partial charge is 0.0633 e. The minimum Gasteiger partial charge on any atom is -0.394 e. The molecule has 0 aromatic heterocycles. The molecular formula is C9H18N2O2. The maximum atomic E-state index is 8.91. The minimum atomic E-state index is -0.591. The Morgan fingerprint density at radius 3 is 2.38 bits per heavy atom. The lowest BCUT2D eigenvalue weighted by Gasteiger charge is -2.26. The molecule has 0 saturated carbocycles. The monoisotopic (exact) mass is 186 g/mol. The molecule has 0 aromatic rings. The Morgan fingerprint density at radius 1 is 1.31 bits per heavy atom. The van der Waals surface area contributed by atoms with Gasteiger partial charge in [0.15, 0.2) is 0 Å². The van der Waals surface area contributed by atoms with Gasteiger partial charge in [-0.25, -0.2) is 0 Å². The van der Waals surface area contributed by atoms with Crippen LogP contribution in [0, 0.1) is 11.3 Å². The predicted molar refractivity (Wildman–Crippen MR) is 50.0 cm³/mol. The molecule has 0 aromatic carbocycles. The van der Waals surface area contributed by atoms with Gasteiger partial charge in [0.25, 0.3) is 0 Å². The quantitative estimate of drug-likeness (QED) is 0.490. The summed E-state index contributed by atoms with van der Waals surface area (Å²) in [6.45, 7) is 2.32. The fraction of sp³-hybridized carbons (Fsp3) is 0.889. The fourth-order valence-corrected chi connectivity index (χ4v) is 0.881. The number of hydrogen-bond donors (Lipinski definition) is 3. The van der Waals surface area contributed by atoms with Gasteiger partial charge in [-0.3, -0.25) is 0 Å². The molecule has 0 heterocycles. The number of aliphatic hydroxyl groups excluding tert-OH is 2. The van der Waals surface area contributed by atoms with Crippen molar-refractivity contribution in [2.24, 2.45) is 0 Å². The normalized spacial score (nSPS) is 11.2. The molecule has 0 rings (SSSR count). The Balaban J connectivity index is 3.45. The van der Waals surface area contributed by atoms with Gasteiger partial charge in [-0.05, 0) is 26.3 Å². The van der Waals surface area contributed by atoms with E-state index in [1.165, 1.54) is 0 Å². The largest absolute Gasteiger partial charge is 0.394 e. The van der Waals surface area contributed by atoms with Gasteiger partial charge in [0.2, 0.25) is 0 Å². The van der Waals surface area contributed by atoms with E-state index in [4.69, 9.17) is 15.5 Å². The van der Waals surface area contributed by atoms with Crippen molar-refractivity contribution in [2.75, 3.05) is 19.8 Å². The van der Waals surface area contributed by atoms with Crippen LogP contribution < -0.4 is 5.32 Å². The third-order valence-corrected chi connectivity index (χ3v) is 1.97. The summed E-state index contributed by atoms with van der Waals surface area (Å²) >= 11 is 0. The van der Waals surface area contributed by atoms with Crippen molar-refractivity contribution < 1.29 is 10.2 Å². The molecule has 0 spiro atoms. The number of hydrogen-bond acceptors (Lipinski definition) is 4. The topological polar surface area (TPSA) is 76.3 Å². The average Bonchev–Trinajstić information content (AvgIpc) is 2.17. The number of nitrogens with zero attached hydrogens (tertiary/aromatic N) is 1. The van der Waals surface area contributed by atoms with Crippen molar-refractivity contribution in [3.63, 3.8) is 0 Å². The number of nitriles is 1. The van der Waals surface area contributed by atoms with E-state index in [0.717, 1.165) is 19.4 Å². The predicted octanol–water partition coefficient (Wildman–Crippen LogP) is 0.0132. The van der Waals surface area contributed by atoms with Crippen LogP contribution in [0.25, 0.3) is 0 Å². The Labute approximate surface area is 79.2 Å². The molecule has 0 radical (unpaired) electrons. The van der Waals surface area contributed by atoms with E-state index in [1.807, 2.05) is 0 Å². The summed E-state index contributed by atoms with van der Waals surface area (Å²) in [5.41, 5.74) is -0.591. The summed E-state index contributed by atoms with van der Waals surface area (Å²) in [7, 11) is 0. The summed E-state index contributed by atoms with van der Waals surface area (Å²) in [5, 5.41) is 29.1. The number of aliphatic hydroxyl groups is 2. The van der Waals surface area contributed by atoms with E-state index >= 15 is 0 Å². The van der Waals surface area contributed by atoms with Gasteiger partial charge in [-0.15, -0.1) is 0 Å². The van der Waals surface area contributed by atoms with Gasteiger partial charge in [-0.2, -0.15) is 5.26 Å². The lowest BCUT2D eigenvalue weighted by molar-refractivity contribution is 0.104. The lowest BCUT2D eigenvalue weighted by atomic mass is 10.1. The number of unbranched alkanes of at least 4 members (excludes halogenated alkanes) is 2. The van der Waals surface area contributed by atoms with Gasteiger partial charge in [0.1, 0.15) is 0 Å². The maximum Gasteiger partial charge on any atom is 0.0633 e. The van der Waals surface area contributed by atoms with Crippen LogP contribution in [0.5, 0.6) is 0 Å². The zero-order chi connectivity index (χ0) is 10.2. The molecule has 0 aliphatic heterocycles. The van der Waals surface area contributed by atoms with Crippen molar-refractivity contribution in [2.45, 2.75) is 31.7 Å². The fourth-order valence-electron chi connectivity index (χ4n) is 0.881. The Bertz CT molecular complexity index is 161. The average molecular weight is 186 g/mol. The van der Waals surface area contributed by atoms with Crippen molar-refractivity contribution in [1.82, 2.24) is 5.32 Å². The van der Waals surface area contributed by atoms with Crippen molar-refractivity contribution >= 4 is 0 Å². The Hall–Kier alpha value is -0.630. The van der Waals surface area contributed by atoms with Crippen molar-refractivity contribution in [3.8, 4) is 6.07 Å². The molecule has 0 bridgehead atoms. The van der Waals surface area contributed by atoms with Crippen LogP contribution in [0.2, 0.25) is 0 Å². The molecular weight excluding hydrogens is 168 g/mol. The van der Waals surface area contributed by atoms with Crippen molar-refractivity contribution in [1.29, 1.82) is 5.26 Å². The van der Waals surface area contributed by atoms with E-state index in [9.17, 15) is 0 Å². The van der Waals surface area contributed by atoms with Crippen molar-refractivity contribution in [3.05, 3.63) is 0 Å². The van der Waals surface area contributed by atoms with E-state index in [1.54, 1.807) is 6.92 Å². The first-order valence-electron chi connectivity index (χ1n) is 4.52. The molecule has 0 amide bonds. The third kappa shape index (κ3) is 5.58.